The van der Waals surface area contributed by atoms with Gasteiger partial charge in [0.15, 0.2) is 12.3 Å². The molecule has 0 fully saturated rings. The van der Waals surface area contributed by atoms with Crippen molar-refractivity contribution in [3.63, 3.8) is 0 Å². The second-order valence-corrected chi connectivity index (χ2v) is 7.39. The number of anilines is 2. The van der Waals surface area contributed by atoms with Crippen LogP contribution in [-0.4, -0.2) is 35.8 Å². The Morgan fingerprint density at radius 1 is 1.09 bits per heavy atom. The highest BCUT2D eigenvalue weighted by molar-refractivity contribution is 5.96. The molecule has 0 spiro atoms. The summed E-state index contributed by atoms with van der Waals surface area (Å²) in [5.74, 6) is -1.68. The molecule has 2 aromatic carbocycles. The maximum atomic E-state index is 13.3. The molecule has 186 valence electrons. The van der Waals surface area contributed by atoms with Crippen LogP contribution < -0.4 is 26.6 Å². The van der Waals surface area contributed by atoms with Gasteiger partial charge in [-0.25, -0.2) is 4.79 Å². The van der Waals surface area contributed by atoms with Crippen LogP contribution in [0.4, 0.5) is 24.7 Å². The van der Waals surface area contributed by atoms with Gasteiger partial charge in [0.25, 0.3) is 11.5 Å². The second kappa shape index (κ2) is 10.9. The fourth-order valence-corrected chi connectivity index (χ4v) is 3.34. The van der Waals surface area contributed by atoms with Gasteiger partial charge in [-0.2, -0.15) is 13.2 Å². The standard InChI is InChI=1S/C23H23F3N4O5/c1-34-12-11-29-20(27)19(21(32)28-22(29)33)30(13-15-7-3-2-4-8-15)18(31)14-35-17-10-6-5-9-16(17)23(24,25)26/h2-10H,11-14,27H2,1H3,(H,28,32,33). The molecule has 0 aliphatic heterocycles. The summed E-state index contributed by atoms with van der Waals surface area (Å²) in [5.41, 5.74) is 3.61. The number of methoxy groups -OCH3 is 1. The van der Waals surface area contributed by atoms with E-state index in [2.05, 4.69) is 4.98 Å². The van der Waals surface area contributed by atoms with Crippen LogP contribution in [0.3, 0.4) is 0 Å². The van der Waals surface area contributed by atoms with Crippen LogP contribution in [0, 0.1) is 0 Å². The molecule has 0 unspecified atom stereocenters. The first-order valence-electron chi connectivity index (χ1n) is 10.4. The number of halogens is 3. The van der Waals surface area contributed by atoms with E-state index in [-0.39, 0.29) is 31.2 Å². The summed E-state index contributed by atoms with van der Waals surface area (Å²) in [6.07, 6.45) is -4.69. The van der Waals surface area contributed by atoms with E-state index in [0.717, 1.165) is 21.6 Å². The molecule has 35 heavy (non-hydrogen) atoms. The maximum absolute atomic E-state index is 13.3. The molecule has 0 radical (unpaired) electrons. The third-order valence-electron chi connectivity index (χ3n) is 5.03. The van der Waals surface area contributed by atoms with Crippen molar-refractivity contribution in [1.29, 1.82) is 0 Å². The number of amides is 1. The Morgan fingerprint density at radius 2 is 1.74 bits per heavy atom. The van der Waals surface area contributed by atoms with E-state index in [1.54, 1.807) is 30.3 Å². The smallest absolute Gasteiger partial charge is 0.419 e. The molecule has 1 aromatic heterocycles. The summed E-state index contributed by atoms with van der Waals surface area (Å²) >= 11 is 0. The topological polar surface area (TPSA) is 120 Å². The SMILES string of the molecule is COCCn1c(N)c(N(Cc2ccccc2)C(=O)COc2ccccc2C(F)(F)F)c(=O)[nH]c1=O. The Kier molecular flexibility index (Phi) is 7.97. The van der Waals surface area contributed by atoms with E-state index in [0.29, 0.717) is 5.56 Å². The number of alkyl halides is 3. The first-order chi connectivity index (χ1) is 16.6. The van der Waals surface area contributed by atoms with E-state index in [1.165, 1.54) is 19.2 Å². The molecular weight excluding hydrogens is 469 g/mol. The number of para-hydroxylation sites is 1. The number of hydrogen-bond donors (Lipinski definition) is 2. The van der Waals surface area contributed by atoms with Crippen LogP contribution in [0.1, 0.15) is 11.1 Å². The quantitative estimate of drug-likeness (QED) is 0.474. The van der Waals surface area contributed by atoms with Crippen LogP contribution in [-0.2, 0) is 28.8 Å². The van der Waals surface area contributed by atoms with Gasteiger partial charge < -0.3 is 15.2 Å². The van der Waals surface area contributed by atoms with Crippen molar-refractivity contribution in [2.24, 2.45) is 0 Å². The van der Waals surface area contributed by atoms with Crippen molar-refractivity contribution < 1.29 is 27.4 Å². The van der Waals surface area contributed by atoms with Crippen LogP contribution in [0.25, 0.3) is 0 Å². The van der Waals surface area contributed by atoms with Gasteiger partial charge in [-0.1, -0.05) is 42.5 Å². The third-order valence-corrected chi connectivity index (χ3v) is 5.03. The zero-order valence-corrected chi connectivity index (χ0v) is 18.7. The number of nitrogens with one attached hydrogen (secondary N) is 1. The highest BCUT2D eigenvalue weighted by Crippen LogP contribution is 2.36. The molecule has 1 amide bonds. The number of benzene rings is 2. The minimum Gasteiger partial charge on any atom is -0.483 e. The predicted octanol–water partition coefficient (Wildman–Crippen LogP) is 2.40. The number of nitrogens with zero attached hydrogens (tertiary/aromatic N) is 2. The van der Waals surface area contributed by atoms with E-state index >= 15 is 0 Å². The van der Waals surface area contributed by atoms with Gasteiger partial charge in [-0.05, 0) is 17.7 Å². The Bertz CT molecular complexity index is 1290. The first-order valence-corrected chi connectivity index (χ1v) is 10.4. The maximum Gasteiger partial charge on any atom is 0.419 e. The molecule has 9 nitrogen and oxygen atoms in total. The number of carbonyl (C=O) groups excluding carboxylic acids is 1. The van der Waals surface area contributed by atoms with Crippen molar-refractivity contribution in [2.45, 2.75) is 19.3 Å². The highest BCUT2D eigenvalue weighted by atomic mass is 19.4. The monoisotopic (exact) mass is 492 g/mol. The van der Waals surface area contributed by atoms with Gasteiger partial charge in [-0.15, -0.1) is 0 Å². The lowest BCUT2D eigenvalue weighted by atomic mass is 10.2. The molecule has 0 bridgehead atoms. The molecule has 0 atom stereocenters. The Balaban J connectivity index is 2.00. The fourth-order valence-electron chi connectivity index (χ4n) is 3.34. The summed E-state index contributed by atoms with van der Waals surface area (Å²) in [6, 6.07) is 13.0. The Hall–Kier alpha value is -4.06. The molecule has 1 heterocycles. The largest absolute Gasteiger partial charge is 0.483 e. The Morgan fingerprint density at radius 3 is 2.40 bits per heavy atom. The lowest BCUT2D eigenvalue weighted by Gasteiger charge is -2.25. The predicted molar refractivity (Wildman–Crippen MR) is 122 cm³/mol. The summed E-state index contributed by atoms with van der Waals surface area (Å²) in [7, 11) is 1.41. The molecule has 0 aliphatic rings. The molecule has 0 aliphatic carbocycles. The van der Waals surface area contributed by atoms with Gasteiger partial charge >= 0.3 is 11.9 Å². The van der Waals surface area contributed by atoms with Crippen molar-refractivity contribution in [2.75, 3.05) is 31.0 Å². The van der Waals surface area contributed by atoms with E-state index in [9.17, 15) is 27.6 Å². The highest BCUT2D eigenvalue weighted by Gasteiger charge is 2.34. The summed E-state index contributed by atoms with van der Waals surface area (Å²) < 4.78 is 51.1. The van der Waals surface area contributed by atoms with Gasteiger partial charge in [0.2, 0.25) is 0 Å². The third kappa shape index (κ3) is 6.09. The summed E-state index contributed by atoms with van der Waals surface area (Å²) in [5, 5.41) is 0. The Labute approximate surface area is 197 Å². The number of aromatic amines is 1. The van der Waals surface area contributed by atoms with Gasteiger partial charge in [0.1, 0.15) is 11.6 Å². The minimum absolute atomic E-state index is 0.00618. The number of nitrogens with two attached hydrogens (primary N) is 1. The lowest BCUT2D eigenvalue weighted by Crippen LogP contribution is -2.42. The molecule has 0 saturated heterocycles. The number of H-pyrrole nitrogens is 1. The summed E-state index contributed by atoms with van der Waals surface area (Å²) in [4.78, 5) is 41.3. The lowest BCUT2D eigenvalue weighted by molar-refractivity contribution is -0.139. The van der Waals surface area contributed by atoms with Crippen LogP contribution in [0.2, 0.25) is 0 Å². The number of hydrogen-bond acceptors (Lipinski definition) is 6. The number of ether oxygens (including phenoxy) is 2. The van der Waals surface area contributed by atoms with Crippen LogP contribution in [0.5, 0.6) is 5.75 Å². The number of aromatic nitrogens is 2. The zero-order chi connectivity index (χ0) is 25.6. The first kappa shape index (κ1) is 25.6. The van der Waals surface area contributed by atoms with Crippen LogP contribution >= 0.6 is 0 Å². The number of rotatable bonds is 9. The van der Waals surface area contributed by atoms with Gasteiger partial charge in [-0.3, -0.25) is 24.0 Å². The number of carbonyl (C=O) groups is 1. The summed E-state index contributed by atoms with van der Waals surface area (Å²) in [6.45, 7) is -0.886. The second-order valence-electron chi connectivity index (χ2n) is 7.39. The van der Waals surface area contributed by atoms with Gasteiger partial charge in [0.05, 0.1) is 25.3 Å². The fraction of sp³-hybridized carbons (Fsp3) is 0.261. The number of nitrogen functional groups attached to an aromatic ring is 1. The molecule has 3 N–H and O–H groups in total. The molecule has 0 saturated carbocycles. The van der Waals surface area contributed by atoms with E-state index < -0.39 is 41.3 Å². The zero-order valence-electron chi connectivity index (χ0n) is 18.7. The van der Waals surface area contributed by atoms with Crippen molar-refractivity contribution in [3.8, 4) is 5.75 Å². The van der Waals surface area contributed by atoms with Crippen molar-refractivity contribution in [3.05, 3.63) is 86.6 Å². The van der Waals surface area contributed by atoms with Crippen LogP contribution in [0.15, 0.2) is 64.2 Å². The minimum atomic E-state index is -4.69. The molecule has 3 aromatic rings. The normalized spacial score (nSPS) is 11.3. The van der Waals surface area contributed by atoms with Crippen molar-refractivity contribution in [1.82, 2.24) is 9.55 Å². The van der Waals surface area contributed by atoms with Gasteiger partial charge in [0, 0.05) is 7.11 Å². The average molecular weight is 492 g/mol. The van der Waals surface area contributed by atoms with E-state index in [1.807, 2.05) is 0 Å². The average Bonchev–Trinajstić information content (AvgIpc) is 2.82. The molecular formula is C23H23F3N4O5. The molecule has 3 rings (SSSR count). The molecule has 12 heteroatoms. The van der Waals surface area contributed by atoms with Crippen molar-refractivity contribution >= 4 is 17.4 Å². The van der Waals surface area contributed by atoms with E-state index in [4.69, 9.17) is 15.2 Å².